The van der Waals surface area contributed by atoms with Crippen molar-refractivity contribution in [2.45, 2.75) is 37.1 Å². The maximum absolute atomic E-state index is 11.7. The molecule has 1 saturated heterocycles. The molecule has 0 amide bonds. The van der Waals surface area contributed by atoms with Gasteiger partial charge in [0, 0.05) is 17.2 Å². The maximum Gasteiger partial charge on any atom is 0.248 e. The number of piperidine rings is 1. The summed E-state index contributed by atoms with van der Waals surface area (Å²) in [6, 6.07) is 3.75. The summed E-state index contributed by atoms with van der Waals surface area (Å²) < 4.78 is 0. The molecule has 19 heavy (non-hydrogen) atoms. The van der Waals surface area contributed by atoms with Crippen LogP contribution in [0.1, 0.15) is 37.4 Å². The minimum atomic E-state index is 0.0468. The summed E-state index contributed by atoms with van der Waals surface area (Å²) in [6.45, 7) is 3.36. The predicted octanol–water partition coefficient (Wildman–Crippen LogP) is 1.80. The van der Waals surface area contributed by atoms with Gasteiger partial charge in [0.05, 0.1) is 5.54 Å². The normalized spacial score (nSPS) is 45.0. The molecule has 4 atom stereocenters. The molecule has 3 aliphatic carbocycles. The molecule has 2 fully saturated rings. The number of pyridine rings is 1. The SMILES string of the molecule is CC1=CC2C3CCCNC34c3ccc(=O)[nH]c3C24C1. The predicted molar refractivity (Wildman–Crippen MR) is 73.0 cm³/mol. The van der Waals surface area contributed by atoms with Crippen LogP contribution in [0.5, 0.6) is 0 Å². The Morgan fingerprint density at radius 2 is 2.26 bits per heavy atom. The van der Waals surface area contributed by atoms with Crippen molar-refractivity contribution >= 4 is 0 Å². The number of aromatic nitrogens is 1. The Labute approximate surface area is 112 Å². The van der Waals surface area contributed by atoms with Crippen LogP contribution in [0.15, 0.2) is 28.6 Å². The molecule has 1 saturated carbocycles. The summed E-state index contributed by atoms with van der Waals surface area (Å²) >= 11 is 0. The van der Waals surface area contributed by atoms with Crippen molar-refractivity contribution in [3.63, 3.8) is 0 Å². The van der Waals surface area contributed by atoms with Crippen LogP contribution in [-0.4, -0.2) is 11.5 Å². The summed E-state index contributed by atoms with van der Waals surface area (Å²) in [7, 11) is 0. The van der Waals surface area contributed by atoms with Crippen LogP contribution in [0.2, 0.25) is 0 Å². The van der Waals surface area contributed by atoms with E-state index in [4.69, 9.17) is 0 Å². The Balaban J connectivity index is 1.79. The fraction of sp³-hybridized carbons (Fsp3) is 0.562. The standard InChI is InChI=1S/C16H18N2O/c1-9-7-12-10-3-2-6-17-16(10)11-4-5-13(19)18-14(11)15(12,16)8-9/h4-5,7,10,12,17H,2-3,6,8H2,1H3,(H,18,19). The summed E-state index contributed by atoms with van der Waals surface area (Å²) in [5.74, 6) is 1.38. The van der Waals surface area contributed by atoms with Crippen molar-refractivity contribution in [1.82, 2.24) is 10.3 Å². The van der Waals surface area contributed by atoms with Crippen LogP contribution in [0.25, 0.3) is 0 Å². The average Bonchev–Trinajstić information content (AvgIpc) is 2.75. The van der Waals surface area contributed by atoms with Gasteiger partial charge >= 0.3 is 0 Å². The van der Waals surface area contributed by atoms with E-state index in [1.165, 1.54) is 29.7 Å². The van der Waals surface area contributed by atoms with Crippen LogP contribution < -0.4 is 10.9 Å². The van der Waals surface area contributed by atoms with Crippen molar-refractivity contribution in [2.24, 2.45) is 11.8 Å². The molecule has 0 radical (unpaired) electrons. The van der Waals surface area contributed by atoms with E-state index in [0.717, 1.165) is 18.9 Å². The summed E-state index contributed by atoms with van der Waals surface area (Å²) in [4.78, 5) is 14.8. The molecule has 1 aromatic heterocycles. The monoisotopic (exact) mass is 254 g/mol. The fourth-order valence-corrected chi connectivity index (χ4v) is 5.80. The second-order valence-electron chi connectivity index (χ2n) is 6.78. The lowest BCUT2D eigenvalue weighted by Gasteiger charge is -2.76. The van der Waals surface area contributed by atoms with E-state index in [1.807, 2.05) is 0 Å². The molecule has 4 aliphatic rings. The summed E-state index contributed by atoms with van der Waals surface area (Å²) in [5, 5.41) is 3.83. The lowest BCUT2D eigenvalue weighted by molar-refractivity contribution is -0.137. The third-order valence-corrected chi connectivity index (χ3v) is 6.17. The largest absolute Gasteiger partial charge is 0.325 e. The number of hydrogen-bond donors (Lipinski definition) is 2. The zero-order valence-electron chi connectivity index (χ0n) is 11.1. The van der Waals surface area contributed by atoms with E-state index in [-0.39, 0.29) is 16.5 Å². The van der Waals surface area contributed by atoms with Crippen LogP contribution >= 0.6 is 0 Å². The quantitative estimate of drug-likeness (QED) is 0.693. The van der Waals surface area contributed by atoms with Crippen molar-refractivity contribution in [2.75, 3.05) is 6.54 Å². The first-order valence-corrected chi connectivity index (χ1v) is 7.37. The van der Waals surface area contributed by atoms with Gasteiger partial charge in [-0.15, -0.1) is 0 Å². The molecule has 2 heterocycles. The molecular weight excluding hydrogens is 236 g/mol. The Kier molecular flexibility index (Phi) is 1.58. The number of hydrogen-bond acceptors (Lipinski definition) is 2. The zero-order chi connectivity index (χ0) is 12.8. The molecule has 0 aromatic carbocycles. The van der Waals surface area contributed by atoms with Crippen molar-refractivity contribution in [3.8, 4) is 0 Å². The first-order valence-electron chi connectivity index (χ1n) is 7.37. The van der Waals surface area contributed by atoms with Gasteiger partial charge in [0.2, 0.25) is 5.56 Å². The van der Waals surface area contributed by atoms with Crippen molar-refractivity contribution < 1.29 is 0 Å². The molecule has 98 valence electrons. The van der Waals surface area contributed by atoms with Gasteiger partial charge in [0.1, 0.15) is 0 Å². The smallest absolute Gasteiger partial charge is 0.248 e. The minimum absolute atomic E-state index is 0.0468. The third kappa shape index (κ3) is 0.829. The van der Waals surface area contributed by atoms with Crippen molar-refractivity contribution in [1.29, 1.82) is 0 Å². The number of nitrogens with one attached hydrogen (secondary N) is 2. The van der Waals surface area contributed by atoms with E-state index in [9.17, 15) is 4.79 Å². The molecule has 2 N–H and O–H groups in total. The number of allylic oxidation sites excluding steroid dienone is 2. The molecule has 3 heteroatoms. The van der Waals surface area contributed by atoms with Crippen molar-refractivity contribution in [3.05, 3.63) is 45.4 Å². The molecule has 2 spiro atoms. The third-order valence-electron chi connectivity index (χ3n) is 6.17. The second-order valence-corrected chi connectivity index (χ2v) is 6.78. The molecule has 5 rings (SSSR count). The van der Waals surface area contributed by atoms with Gasteiger partial charge in [-0.1, -0.05) is 11.6 Å². The highest BCUT2D eigenvalue weighted by Crippen LogP contribution is 2.78. The first-order chi connectivity index (χ1) is 9.20. The molecule has 3 nitrogen and oxygen atoms in total. The van der Waals surface area contributed by atoms with E-state index in [0.29, 0.717) is 5.92 Å². The van der Waals surface area contributed by atoms with Crippen LogP contribution in [0, 0.1) is 11.8 Å². The van der Waals surface area contributed by atoms with Gasteiger partial charge in [-0.2, -0.15) is 0 Å². The van der Waals surface area contributed by atoms with Crippen LogP contribution in [0.3, 0.4) is 0 Å². The average molecular weight is 254 g/mol. The van der Waals surface area contributed by atoms with Gasteiger partial charge in [-0.05, 0) is 56.2 Å². The highest BCUT2D eigenvalue weighted by Gasteiger charge is 2.80. The fourth-order valence-electron chi connectivity index (χ4n) is 5.80. The lowest BCUT2D eigenvalue weighted by atomic mass is 9.31. The van der Waals surface area contributed by atoms with Crippen LogP contribution in [-0.2, 0) is 11.0 Å². The number of fused-ring (bicyclic) bond motifs is 2. The van der Waals surface area contributed by atoms with Gasteiger partial charge in [0.15, 0.2) is 0 Å². The second kappa shape index (κ2) is 2.88. The van der Waals surface area contributed by atoms with Gasteiger partial charge in [-0.3, -0.25) is 4.79 Å². The lowest BCUT2D eigenvalue weighted by Crippen LogP contribution is -2.82. The van der Waals surface area contributed by atoms with E-state index < -0.39 is 0 Å². The van der Waals surface area contributed by atoms with E-state index in [2.05, 4.69) is 29.4 Å². The number of H-pyrrole nitrogens is 1. The Bertz CT molecular complexity index is 688. The molecule has 0 bridgehead atoms. The number of rotatable bonds is 0. The minimum Gasteiger partial charge on any atom is -0.325 e. The topological polar surface area (TPSA) is 44.9 Å². The highest BCUT2D eigenvalue weighted by atomic mass is 16.1. The first kappa shape index (κ1) is 10.4. The zero-order valence-corrected chi connectivity index (χ0v) is 11.1. The van der Waals surface area contributed by atoms with E-state index in [1.54, 1.807) is 6.07 Å². The number of aromatic amines is 1. The molecule has 4 unspecified atom stereocenters. The van der Waals surface area contributed by atoms with Gasteiger partial charge in [-0.25, -0.2) is 0 Å². The van der Waals surface area contributed by atoms with E-state index >= 15 is 0 Å². The molecule has 1 aliphatic heterocycles. The van der Waals surface area contributed by atoms with Gasteiger partial charge in [0.25, 0.3) is 0 Å². The van der Waals surface area contributed by atoms with Crippen LogP contribution in [0.4, 0.5) is 0 Å². The molecular formula is C16H18N2O. The maximum atomic E-state index is 11.7. The van der Waals surface area contributed by atoms with Gasteiger partial charge < -0.3 is 10.3 Å². The highest BCUT2D eigenvalue weighted by molar-refractivity contribution is 5.62. The molecule has 1 aromatic rings. The Hall–Kier alpha value is -1.35. The summed E-state index contributed by atoms with van der Waals surface area (Å²) in [5.41, 5.74) is 4.49. The Morgan fingerprint density at radius 3 is 3.16 bits per heavy atom. The Morgan fingerprint density at radius 1 is 1.37 bits per heavy atom. The summed E-state index contributed by atoms with van der Waals surface area (Å²) in [6.07, 6.45) is 6.20.